The number of aromatic carboxylic acids is 1. The average molecular weight is 996 g/mol. The molecule has 12 unspecified atom stereocenters. The summed E-state index contributed by atoms with van der Waals surface area (Å²) in [5.74, 6) is -6.88. The molecule has 388 valence electrons. The first-order valence-electron chi connectivity index (χ1n) is 26.8. The summed E-state index contributed by atoms with van der Waals surface area (Å²) >= 11 is 0. The number of carboxylic acid groups (broad SMARTS) is 2. The Morgan fingerprint density at radius 3 is 2.05 bits per heavy atom. The first-order chi connectivity index (χ1) is 34.6. The molecule has 0 aromatic heterocycles. The molecule has 0 radical (unpaired) electrons. The van der Waals surface area contributed by atoms with E-state index in [1.54, 1.807) is 32.9 Å². The molecule has 6 aliphatic rings. The molecule has 5 aliphatic carbocycles. The highest BCUT2D eigenvalue weighted by Crippen LogP contribution is 2.67. The van der Waals surface area contributed by atoms with Gasteiger partial charge in [-0.1, -0.05) is 71.6 Å². The maximum atomic E-state index is 14.4. The molecule has 3 aromatic rings. The van der Waals surface area contributed by atoms with Crippen LogP contribution in [0.5, 0.6) is 0 Å². The number of esters is 1. The fourth-order valence-corrected chi connectivity index (χ4v) is 15.1. The summed E-state index contributed by atoms with van der Waals surface area (Å²) < 4.78 is 6.29. The van der Waals surface area contributed by atoms with Gasteiger partial charge in [-0.05, 0) is 184 Å². The molecule has 4 N–H and O–H groups in total. The van der Waals surface area contributed by atoms with Gasteiger partial charge in [-0.3, -0.25) is 28.9 Å². The van der Waals surface area contributed by atoms with Crippen molar-refractivity contribution in [3.8, 4) is 0 Å². The summed E-state index contributed by atoms with van der Waals surface area (Å²) in [6, 6.07) is 13.6. The Morgan fingerprint density at radius 1 is 0.740 bits per heavy atom. The summed E-state index contributed by atoms with van der Waals surface area (Å²) in [6.07, 6.45) is 14.7. The lowest BCUT2D eigenvalue weighted by atomic mass is 9.47. The summed E-state index contributed by atoms with van der Waals surface area (Å²) in [7, 11) is 0. The van der Waals surface area contributed by atoms with Crippen LogP contribution in [0, 0.1) is 90.8 Å². The third kappa shape index (κ3) is 9.43. The molecule has 5 fully saturated rings. The van der Waals surface area contributed by atoms with Crippen LogP contribution in [0.2, 0.25) is 0 Å². The van der Waals surface area contributed by atoms with Gasteiger partial charge in [0.15, 0.2) is 0 Å². The van der Waals surface area contributed by atoms with Gasteiger partial charge in [0, 0.05) is 17.8 Å². The third-order valence-corrected chi connectivity index (χ3v) is 19.2. The number of allylic oxidation sites excluding steroid dienone is 1. The highest BCUT2D eigenvalue weighted by atomic mass is 16.5. The van der Waals surface area contributed by atoms with E-state index >= 15 is 0 Å². The number of rotatable bonds is 14. The zero-order chi connectivity index (χ0) is 52.4. The second-order valence-corrected chi connectivity index (χ2v) is 23.7. The molecule has 1 aliphatic heterocycles. The largest absolute Gasteiger partial charge is 0.481 e. The molecule has 3 aromatic carbocycles. The van der Waals surface area contributed by atoms with E-state index in [4.69, 9.17) is 4.74 Å². The van der Waals surface area contributed by atoms with Crippen molar-refractivity contribution in [3.05, 3.63) is 99.6 Å². The van der Waals surface area contributed by atoms with Crippen molar-refractivity contribution in [1.82, 2.24) is 0 Å². The number of nitrogens with one attached hydrogen (secondary N) is 2. The highest BCUT2D eigenvalue weighted by Gasteiger charge is 2.62. The van der Waals surface area contributed by atoms with Crippen molar-refractivity contribution in [1.29, 1.82) is 0 Å². The van der Waals surface area contributed by atoms with E-state index in [9.17, 15) is 43.8 Å². The Bertz CT molecular complexity index is 2780. The number of benzene rings is 3. The predicted molar refractivity (Wildman–Crippen MR) is 278 cm³/mol. The van der Waals surface area contributed by atoms with Crippen molar-refractivity contribution in [2.24, 2.45) is 70.0 Å². The predicted octanol–water partition coefficient (Wildman–Crippen LogP) is 11.6. The molecule has 4 amide bonds. The lowest BCUT2D eigenvalue weighted by Crippen LogP contribution is -2.51. The van der Waals surface area contributed by atoms with Gasteiger partial charge in [-0.2, -0.15) is 0 Å². The van der Waals surface area contributed by atoms with E-state index in [0.29, 0.717) is 34.9 Å². The van der Waals surface area contributed by atoms with Crippen LogP contribution in [0.15, 0.2) is 66.2 Å². The molecule has 4 saturated carbocycles. The standard InChI is InChI=1S/C60H73N3O10/c1-31(2)10-9-11-33(4)47-20-21-48-41-19-13-36-28-40(22-24-59(36,7)49(41)23-25-60(47,48)8)73-58(72)42-29-39(18-12-32(42)3)63-54(66)45-30-46(55(63)67)51(57(70)71)50(45)53(65)62-38-16-14-37(15-17-38)61-52(64)43-26-34(5)35(6)27-44(43)56(68)69/h12-18,26-27,29,31,33,40-41,45-51H,9-11,19-25,28,30H2,1-8H3,(H,61,64)(H,62,65)(H,68,69)(H,70,71). The Balaban J connectivity index is 0.852. The molecule has 1 heterocycles. The number of hydrogen-bond donors (Lipinski definition) is 4. The molecule has 13 nitrogen and oxygen atoms in total. The Morgan fingerprint density at radius 2 is 1.40 bits per heavy atom. The van der Waals surface area contributed by atoms with E-state index in [2.05, 4.69) is 51.3 Å². The minimum Gasteiger partial charge on any atom is -0.481 e. The highest BCUT2D eigenvalue weighted by molar-refractivity contribution is 6.21. The van der Waals surface area contributed by atoms with Gasteiger partial charge in [-0.25, -0.2) is 9.59 Å². The number of anilines is 3. The molecule has 73 heavy (non-hydrogen) atoms. The number of piperidine rings is 1. The first kappa shape index (κ1) is 51.8. The second-order valence-electron chi connectivity index (χ2n) is 23.7. The van der Waals surface area contributed by atoms with Crippen LogP contribution in [-0.4, -0.2) is 57.9 Å². The Kier molecular flexibility index (Phi) is 14.2. The molecule has 0 spiro atoms. The van der Waals surface area contributed by atoms with Crippen LogP contribution in [0.3, 0.4) is 0 Å². The molecule has 9 rings (SSSR count). The van der Waals surface area contributed by atoms with Crippen LogP contribution < -0.4 is 15.5 Å². The smallest absolute Gasteiger partial charge is 0.338 e. The summed E-state index contributed by atoms with van der Waals surface area (Å²) in [5, 5.41) is 25.6. The van der Waals surface area contributed by atoms with Gasteiger partial charge < -0.3 is 25.6 Å². The second kappa shape index (κ2) is 20.0. The maximum absolute atomic E-state index is 14.4. The van der Waals surface area contributed by atoms with Gasteiger partial charge in [0.25, 0.3) is 5.91 Å². The number of carbonyl (C=O) groups is 7. The van der Waals surface area contributed by atoms with E-state index < -0.39 is 65.2 Å². The number of amides is 4. The minimum absolute atomic E-state index is 0.0161. The number of carboxylic acids is 2. The number of carbonyl (C=O) groups excluding carboxylic acids is 5. The van der Waals surface area contributed by atoms with E-state index in [1.165, 1.54) is 93.0 Å². The normalized spacial score (nSPS) is 30.7. The number of fused-ring (bicyclic) bond motifs is 7. The Hall–Kier alpha value is -6.11. The first-order valence-corrected chi connectivity index (χ1v) is 26.8. The van der Waals surface area contributed by atoms with Gasteiger partial charge in [-0.15, -0.1) is 0 Å². The Labute approximate surface area is 429 Å². The third-order valence-electron chi connectivity index (χ3n) is 19.2. The zero-order valence-corrected chi connectivity index (χ0v) is 43.7. The van der Waals surface area contributed by atoms with Gasteiger partial charge in [0.05, 0.1) is 46.0 Å². The van der Waals surface area contributed by atoms with Gasteiger partial charge >= 0.3 is 17.9 Å². The molecule has 13 heteroatoms. The van der Waals surface area contributed by atoms with E-state index in [0.717, 1.165) is 59.0 Å². The fraction of sp³-hybridized carbons (Fsp3) is 0.550. The van der Waals surface area contributed by atoms with Crippen LogP contribution >= 0.6 is 0 Å². The zero-order valence-electron chi connectivity index (χ0n) is 43.7. The van der Waals surface area contributed by atoms with Crippen molar-refractivity contribution in [2.75, 3.05) is 15.5 Å². The number of ether oxygens (including phenoxy) is 1. The lowest BCUT2D eigenvalue weighted by molar-refractivity contribution is -0.148. The van der Waals surface area contributed by atoms with Crippen LogP contribution in [0.25, 0.3) is 0 Å². The summed E-state index contributed by atoms with van der Waals surface area (Å²) in [4.78, 5) is 95.6. The van der Waals surface area contributed by atoms with Gasteiger partial charge in [0.1, 0.15) is 6.10 Å². The molecule has 12 atom stereocenters. The van der Waals surface area contributed by atoms with Crippen LogP contribution in [0.4, 0.5) is 17.1 Å². The topological polar surface area (TPSA) is 196 Å². The van der Waals surface area contributed by atoms with Crippen LogP contribution in [-0.2, 0) is 23.9 Å². The molecular formula is C60H73N3O10. The quantitative estimate of drug-likeness (QED) is 0.0685. The number of imide groups is 1. The minimum atomic E-state index is -1.50. The summed E-state index contributed by atoms with van der Waals surface area (Å²) in [5.41, 5.74) is 4.66. The van der Waals surface area contributed by atoms with Crippen molar-refractivity contribution >= 4 is 58.6 Å². The van der Waals surface area contributed by atoms with Crippen LogP contribution in [0.1, 0.15) is 159 Å². The van der Waals surface area contributed by atoms with E-state index in [-0.39, 0.29) is 46.0 Å². The number of hydrogen-bond acceptors (Lipinski definition) is 8. The number of nitrogens with zero attached hydrogens (tertiary/aromatic N) is 1. The lowest BCUT2D eigenvalue weighted by Gasteiger charge is -2.58. The molecule has 1 saturated heterocycles. The van der Waals surface area contributed by atoms with E-state index in [1.807, 2.05) is 0 Å². The molecular weight excluding hydrogens is 923 g/mol. The monoisotopic (exact) mass is 996 g/mol. The number of aliphatic carboxylic acids is 1. The molecule has 2 bridgehead atoms. The average Bonchev–Trinajstić information content (AvgIpc) is 3.90. The van der Waals surface area contributed by atoms with Gasteiger partial charge in [0.2, 0.25) is 17.7 Å². The van der Waals surface area contributed by atoms with Crippen molar-refractivity contribution in [3.63, 3.8) is 0 Å². The SMILES string of the molecule is Cc1cc(C(=O)O)c(C(=O)Nc2ccc(NC(=O)C3C4CC(C(=O)N(c5ccc(C)c(C(=O)OC6CCC7(C)C(=CCC8C7CCC7(C)C(C(C)CCCC(C)C)CCC87)C6)c5)C4=O)C3C(=O)O)cc2)cc1C. The maximum Gasteiger partial charge on any atom is 0.338 e. The van der Waals surface area contributed by atoms with Crippen molar-refractivity contribution in [2.45, 2.75) is 139 Å². The number of aryl methyl sites for hydroxylation is 3. The van der Waals surface area contributed by atoms with Crippen molar-refractivity contribution < 1.29 is 48.5 Å². The fourth-order valence-electron chi connectivity index (χ4n) is 15.1. The summed E-state index contributed by atoms with van der Waals surface area (Å²) in [6.45, 7) is 17.5.